The number of ether oxygens (including phenoxy) is 1. The van der Waals surface area contributed by atoms with Gasteiger partial charge in [0.25, 0.3) is 0 Å². The standard InChI is InChI=1S/C13H14ClN3O/c1-8-3-11(4-9(2)13(8)14)18-12-7-16-6-10(5-15)17-12/h3-4,6-7H,5,15H2,1-2H3. The topological polar surface area (TPSA) is 61.0 Å². The lowest BCUT2D eigenvalue weighted by Crippen LogP contribution is -2.01. The number of aromatic nitrogens is 2. The zero-order valence-electron chi connectivity index (χ0n) is 10.3. The molecule has 0 saturated heterocycles. The second kappa shape index (κ2) is 5.33. The van der Waals surface area contributed by atoms with Gasteiger partial charge in [-0.15, -0.1) is 0 Å². The maximum atomic E-state index is 6.10. The van der Waals surface area contributed by atoms with E-state index in [1.54, 1.807) is 12.4 Å². The first-order chi connectivity index (χ1) is 8.60. The van der Waals surface area contributed by atoms with Crippen molar-refractivity contribution in [3.8, 4) is 11.6 Å². The van der Waals surface area contributed by atoms with Gasteiger partial charge in [-0.3, -0.25) is 4.98 Å². The van der Waals surface area contributed by atoms with E-state index in [4.69, 9.17) is 22.1 Å². The largest absolute Gasteiger partial charge is 0.437 e. The summed E-state index contributed by atoms with van der Waals surface area (Å²) in [5, 5.41) is 0.754. The van der Waals surface area contributed by atoms with Crippen LogP contribution in [0.1, 0.15) is 16.8 Å². The van der Waals surface area contributed by atoms with Gasteiger partial charge in [-0.1, -0.05) is 11.6 Å². The molecule has 94 valence electrons. The molecule has 0 amide bonds. The molecule has 1 aromatic heterocycles. The lowest BCUT2D eigenvalue weighted by molar-refractivity contribution is 0.457. The monoisotopic (exact) mass is 263 g/mol. The summed E-state index contributed by atoms with van der Waals surface area (Å²) in [6, 6.07) is 3.73. The number of halogens is 1. The van der Waals surface area contributed by atoms with Gasteiger partial charge in [0, 0.05) is 17.8 Å². The molecule has 2 N–H and O–H groups in total. The molecular formula is C13H14ClN3O. The number of hydrogen-bond acceptors (Lipinski definition) is 4. The molecule has 0 fully saturated rings. The smallest absolute Gasteiger partial charge is 0.238 e. The van der Waals surface area contributed by atoms with Crippen LogP contribution in [-0.2, 0) is 6.54 Å². The highest BCUT2D eigenvalue weighted by atomic mass is 35.5. The van der Waals surface area contributed by atoms with E-state index in [0.29, 0.717) is 23.9 Å². The molecule has 2 rings (SSSR count). The van der Waals surface area contributed by atoms with Crippen LogP contribution < -0.4 is 10.5 Å². The molecule has 18 heavy (non-hydrogen) atoms. The fourth-order valence-corrected chi connectivity index (χ4v) is 1.73. The first-order valence-corrected chi connectivity index (χ1v) is 5.93. The van der Waals surface area contributed by atoms with Gasteiger partial charge in [0.15, 0.2) is 0 Å². The molecule has 0 aliphatic carbocycles. The van der Waals surface area contributed by atoms with Gasteiger partial charge >= 0.3 is 0 Å². The molecule has 5 heteroatoms. The Labute approximate surface area is 111 Å². The Bertz CT molecular complexity index is 549. The van der Waals surface area contributed by atoms with Crippen molar-refractivity contribution in [2.24, 2.45) is 5.73 Å². The van der Waals surface area contributed by atoms with Gasteiger partial charge < -0.3 is 10.5 Å². The molecule has 0 atom stereocenters. The van der Waals surface area contributed by atoms with Crippen LogP contribution in [0, 0.1) is 13.8 Å². The average Bonchev–Trinajstić information content (AvgIpc) is 2.36. The summed E-state index contributed by atoms with van der Waals surface area (Å²) >= 11 is 6.10. The highest BCUT2D eigenvalue weighted by Gasteiger charge is 2.06. The number of hydrogen-bond donors (Lipinski definition) is 1. The number of rotatable bonds is 3. The minimum atomic E-state index is 0.336. The molecule has 1 aromatic carbocycles. The van der Waals surface area contributed by atoms with E-state index in [9.17, 15) is 0 Å². The normalized spacial score (nSPS) is 10.4. The Morgan fingerprint density at radius 3 is 2.50 bits per heavy atom. The summed E-state index contributed by atoms with van der Waals surface area (Å²) in [6.07, 6.45) is 3.17. The van der Waals surface area contributed by atoms with Crippen LogP contribution in [0.4, 0.5) is 0 Å². The van der Waals surface area contributed by atoms with E-state index in [0.717, 1.165) is 16.1 Å². The number of aryl methyl sites for hydroxylation is 2. The van der Waals surface area contributed by atoms with Gasteiger partial charge in [0.1, 0.15) is 5.75 Å². The summed E-state index contributed by atoms with van der Waals surface area (Å²) in [6.45, 7) is 4.21. The number of nitrogens with zero attached hydrogens (tertiary/aromatic N) is 2. The molecule has 0 aliphatic heterocycles. The zero-order valence-corrected chi connectivity index (χ0v) is 11.0. The number of benzene rings is 1. The van der Waals surface area contributed by atoms with Gasteiger partial charge in [-0.2, -0.15) is 0 Å². The Balaban J connectivity index is 2.28. The van der Waals surface area contributed by atoms with Crippen LogP contribution >= 0.6 is 11.6 Å². The lowest BCUT2D eigenvalue weighted by Gasteiger charge is -2.09. The quantitative estimate of drug-likeness (QED) is 0.925. The fraction of sp³-hybridized carbons (Fsp3) is 0.231. The van der Waals surface area contributed by atoms with Crippen LogP contribution in [-0.4, -0.2) is 9.97 Å². The highest BCUT2D eigenvalue weighted by molar-refractivity contribution is 6.32. The molecule has 1 heterocycles. The molecule has 0 unspecified atom stereocenters. The minimum absolute atomic E-state index is 0.336. The van der Waals surface area contributed by atoms with E-state index >= 15 is 0 Å². The molecule has 0 bridgehead atoms. The zero-order chi connectivity index (χ0) is 13.1. The van der Waals surface area contributed by atoms with Crippen molar-refractivity contribution in [2.45, 2.75) is 20.4 Å². The summed E-state index contributed by atoms with van der Waals surface area (Å²) < 4.78 is 5.65. The van der Waals surface area contributed by atoms with Gasteiger partial charge in [0.2, 0.25) is 5.88 Å². The average molecular weight is 264 g/mol. The number of nitrogens with two attached hydrogens (primary N) is 1. The van der Waals surface area contributed by atoms with E-state index in [1.165, 1.54) is 0 Å². The molecule has 0 spiro atoms. The van der Waals surface area contributed by atoms with Gasteiger partial charge in [-0.05, 0) is 37.1 Å². The van der Waals surface area contributed by atoms with Crippen molar-refractivity contribution in [1.82, 2.24) is 9.97 Å². The minimum Gasteiger partial charge on any atom is -0.437 e. The molecular weight excluding hydrogens is 250 g/mol. The first-order valence-electron chi connectivity index (χ1n) is 5.55. The van der Waals surface area contributed by atoms with Crippen molar-refractivity contribution in [3.05, 3.63) is 46.4 Å². The van der Waals surface area contributed by atoms with Crippen molar-refractivity contribution in [3.63, 3.8) is 0 Å². The first kappa shape index (κ1) is 12.8. The maximum absolute atomic E-state index is 6.10. The molecule has 2 aromatic rings. The summed E-state index contributed by atoms with van der Waals surface area (Å²) in [7, 11) is 0. The van der Waals surface area contributed by atoms with E-state index in [1.807, 2.05) is 26.0 Å². The predicted octanol–water partition coefficient (Wildman–Crippen LogP) is 3.00. The Morgan fingerprint density at radius 1 is 1.22 bits per heavy atom. The van der Waals surface area contributed by atoms with Crippen molar-refractivity contribution >= 4 is 11.6 Å². The maximum Gasteiger partial charge on any atom is 0.238 e. The van der Waals surface area contributed by atoms with Crippen molar-refractivity contribution < 1.29 is 4.74 Å². The fourth-order valence-electron chi connectivity index (χ4n) is 1.62. The van der Waals surface area contributed by atoms with E-state index in [2.05, 4.69) is 9.97 Å². The van der Waals surface area contributed by atoms with Gasteiger partial charge in [0.05, 0.1) is 11.9 Å². The van der Waals surface area contributed by atoms with Crippen molar-refractivity contribution in [2.75, 3.05) is 0 Å². The van der Waals surface area contributed by atoms with Crippen LogP contribution in [0.5, 0.6) is 11.6 Å². The van der Waals surface area contributed by atoms with Crippen LogP contribution in [0.15, 0.2) is 24.5 Å². The molecule has 0 radical (unpaired) electrons. The highest BCUT2D eigenvalue weighted by Crippen LogP contribution is 2.28. The molecule has 4 nitrogen and oxygen atoms in total. The van der Waals surface area contributed by atoms with Crippen molar-refractivity contribution in [1.29, 1.82) is 0 Å². The summed E-state index contributed by atoms with van der Waals surface area (Å²) in [5.74, 6) is 1.12. The second-order valence-corrected chi connectivity index (χ2v) is 4.40. The van der Waals surface area contributed by atoms with Gasteiger partial charge in [-0.25, -0.2) is 4.98 Å². The Morgan fingerprint density at radius 2 is 1.89 bits per heavy atom. The second-order valence-electron chi connectivity index (χ2n) is 4.03. The summed E-state index contributed by atoms with van der Waals surface area (Å²) in [4.78, 5) is 8.25. The predicted molar refractivity (Wildman–Crippen MR) is 70.9 cm³/mol. The van der Waals surface area contributed by atoms with Crippen LogP contribution in [0.25, 0.3) is 0 Å². The van der Waals surface area contributed by atoms with Crippen LogP contribution in [0.2, 0.25) is 5.02 Å². The van der Waals surface area contributed by atoms with E-state index < -0.39 is 0 Å². The molecule has 0 saturated carbocycles. The Kier molecular flexibility index (Phi) is 3.79. The third kappa shape index (κ3) is 2.78. The third-order valence-corrected chi connectivity index (χ3v) is 3.10. The Hall–Kier alpha value is -1.65. The summed E-state index contributed by atoms with van der Waals surface area (Å²) in [5.41, 5.74) is 8.13. The third-order valence-electron chi connectivity index (χ3n) is 2.50. The molecule has 0 aliphatic rings. The SMILES string of the molecule is Cc1cc(Oc2cncc(CN)n2)cc(C)c1Cl. The van der Waals surface area contributed by atoms with Crippen LogP contribution in [0.3, 0.4) is 0 Å². The van der Waals surface area contributed by atoms with E-state index in [-0.39, 0.29) is 0 Å². The lowest BCUT2D eigenvalue weighted by atomic mass is 10.1.